The number of carbonyl (C=O) groups is 2. The van der Waals surface area contributed by atoms with Crippen molar-refractivity contribution in [1.29, 1.82) is 0 Å². The van der Waals surface area contributed by atoms with Crippen molar-refractivity contribution in [2.24, 2.45) is 16.5 Å². The van der Waals surface area contributed by atoms with Gasteiger partial charge in [-0.25, -0.2) is 16.8 Å². The summed E-state index contributed by atoms with van der Waals surface area (Å²) in [6.45, 7) is 7.43. The Morgan fingerprint density at radius 3 is 1.41 bits per heavy atom. The Kier molecular flexibility index (Phi) is 17.5. The number of hydrogen-bond donors (Lipinski definition) is 2. The summed E-state index contributed by atoms with van der Waals surface area (Å²) < 4.78 is 50.1. The van der Waals surface area contributed by atoms with Crippen LogP contribution in [0, 0.1) is 20.2 Å². The van der Waals surface area contributed by atoms with E-state index in [4.69, 9.17) is 23.1 Å². The first kappa shape index (κ1) is 43.1. The zero-order valence-electron chi connectivity index (χ0n) is 28.1. The zero-order chi connectivity index (χ0) is 37.5. The number of amides is 1. The van der Waals surface area contributed by atoms with Crippen molar-refractivity contribution in [3.63, 3.8) is 0 Å². The van der Waals surface area contributed by atoms with E-state index in [-0.39, 0.29) is 38.8 Å². The van der Waals surface area contributed by atoms with E-state index < -0.39 is 58.0 Å². The topological polar surface area (TPSA) is 253 Å². The van der Waals surface area contributed by atoms with E-state index in [1.165, 1.54) is 12.1 Å². The first-order valence-electron chi connectivity index (χ1n) is 15.8. The quantitative estimate of drug-likeness (QED) is 0.0457. The number of nitro benzene ring substituents is 2. The minimum absolute atomic E-state index is 0.0224. The Labute approximate surface area is 291 Å². The number of aliphatic imine (C=N–C) groups is 1. The normalized spacial score (nSPS) is 11.3. The highest BCUT2D eigenvalue weighted by Gasteiger charge is 2.30. The van der Waals surface area contributed by atoms with Gasteiger partial charge in [0.25, 0.3) is 22.5 Å². The van der Waals surface area contributed by atoms with Crippen molar-refractivity contribution in [2.75, 3.05) is 11.5 Å². The second-order valence-electron chi connectivity index (χ2n) is 11.1. The number of nitro groups is 2. The largest absolute Gasteiger partial charge is 0.370 e. The lowest BCUT2D eigenvalue weighted by atomic mass is 10.0. The summed E-state index contributed by atoms with van der Waals surface area (Å²) in [7, 11) is -7.64. The maximum absolute atomic E-state index is 12.6. The Morgan fingerprint density at radius 1 is 0.694 bits per heavy atom. The van der Waals surface area contributed by atoms with Gasteiger partial charge < -0.3 is 11.5 Å². The molecule has 0 atom stereocenters. The third-order valence-corrected chi connectivity index (χ3v) is 11.3. The zero-order valence-corrected chi connectivity index (χ0v) is 30.5. The van der Waals surface area contributed by atoms with Gasteiger partial charge in [0.1, 0.15) is 9.79 Å². The summed E-state index contributed by atoms with van der Waals surface area (Å²) >= 11 is 5.44. The minimum atomic E-state index is -3.85. The van der Waals surface area contributed by atoms with Gasteiger partial charge in [-0.2, -0.15) is 4.99 Å². The Balaban J connectivity index is 0.000000494. The van der Waals surface area contributed by atoms with Crippen LogP contribution in [-0.2, 0) is 32.5 Å². The van der Waals surface area contributed by atoms with E-state index in [0.717, 1.165) is 50.7 Å². The number of rotatable bonds is 18. The van der Waals surface area contributed by atoms with Crippen LogP contribution in [0.25, 0.3) is 0 Å². The van der Waals surface area contributed by atoms with Gasteiger partial charge in [0, 0.05) is 17.7 Å². The maximum atomic E-state index is 12.6. The molecule has 18 heteroatoms. The summed E-state index contributed by atoms with van der Waals surface area (Å²) in [5, 5.41) is 21.8. The number of nitrogens with zero attached hydrogens (tertiary/aromatic N) is 3. The van der Waals surface area contributed by atoms with Crippen LogP contribution in [0.1, 0.15) is 111 Å². The van der Waals surface area contributed by atoms with Crippen molar-refractivity contribution >= 4 is 59.8 Å². The molecule has 2 aromatic rings. The highest BCUT2D eigenvalue weighted by molar-refractivity contribution is 7.91. The van der Waals surface area contributed by atoms with Crippen molar-refractivity contribution < 1.29 is 36.3 Å². The molecule has 1 amide bonds. The third kappa shape index (κ3) is 12.8. The van der Waals surface area contributed by atoms with Crippen LogP contribution in [-0.4, -0.2) is 55.3 Å². The summed E-state index contributed by atoms with van der Waals surface area (Å²) in [5.74, 6) is -1.66. The van der Waals surface area contributed by atoms with E-state index >= 15 is 0 Å². The molecule has 0 unspecified atom stereocenters. The van der Waals surface area contributed by atoms with Crippen LogP contribution < -0.4 is 11.5 Å². The molecule has 0 spiro atoms. The fourth-order valence-corrected chi connectivity index (χ4v) is 8.14. The molecule has 0 saturated carbocycles. The smallest absolute Gasteiger partial charge is 0.288 e. The summed E-state index contributed by atoms with van der Waals surface area (Å²) in [6, 6.07) is 4.30. The monoisotopic (exact) mass is 745 g/mol. The average Bonchev–Trinajstić information content (AvgIpc) is 3.03. The van der Waals surface area contributed by atoms with Crippen molar-refractivity contribution in [1.82, 2.24) is 0 Å². The maximum Gasteiger partial charge on any atom is 0.288 e. The van der Waals surface area contributed by atoms with Gasteiger partial charge in [0.05, 0.1) is 26.9 Å². The molecule has 0 aromatic heterocycles. The highest BCUT2D eigenvalue weighted by Crippen LogP contribution is 2.32. The first-order chi connectivity index (χ1) is 22.9. The molecule has 0 radical (unpaired) electrons. The van der Waals surface area contributed by atoms with Crippen LogP contribution in [0.2, 0.25) is 0 Å². The summed E-state index contributed by atoms with van der Waals surface area (Å²) in [6.07, 6.45) is 6.71. The molecule has 4 N–H and O–H groups in total. The number of hydrogen-bond acceptors (Lipinski definition) is 10. The van der Waals surface area contributed by atoms with Gasteiger partial charge in [-0.3, -0.25) is 29.8 Å². The van der Waals surface area contributed by atoms with Crippen LogP contribution in [0.4, 0.5) is 11.4 Å². The number of carbonyl (C=O) groups excluding carboxylic acids is 2. The average molecular weight is 746 g/mol. The fraction of sp³-hybridized carbons (Fsp3) is 0.516. The van der Waals surface area contributed by atoms with Gasteiger partial charge >= 0.3 is 0 Å². The molecule has 0 aliphatic heterocycles. The van der Waals surface area contributed by atoms with Crippen molar-refractivity contribution in [3.05, 3.63) is 66.7 Å². The molecule has 2 rings (SSSR count). The van der Waals surface area contributed by atoms with Crippen LogP contribution in [0.5, 0.6) is 0 Å². The molecule has 0 fully saturated rings. The lowest BCUT2D eigenvalue weighted by molar-refractivity contribution is -0.388. The van der Waals surface area contributed by atoms with Gasteiger partial charge in [-0.1, -0.05) is 66.2 Å². The number of nitrogens with two attached hydrogens (primary N) is 2. The predicted octanol–water partition coefficient (Wildman–Crippen LogP) is 5.82. The number of aryl methyl sites for hydroxylation is 2. The van der Waals surface area contributed by atoms with Gasteiger partial charge in [-0.05, 0) is 60.5 Å². The van der Waals surface area contributed by atoms with Crippen LogP contribution in [0.15, 0.2) is 39.0 Å². The fourth-order valence-electron chi connectivity index (χ4n) is 4.81. The second-order valence-corrected chi connectivity index (χ2v) is 15.5. The number of sulfone groups is 2. The van der Waals surface area contributed by atoms with Gasteiger partial charge in [0.2, 0.25) is 0 Å². The van der Waals surface area contributed by atoms with Gasteiger partial charge in [-0.15, -0.1) is 0 Å². The van der Waals surface area contributed by atoms with E-state index in [0.29, 0.717) is 30.4 Å². The standard InChI is InChI=1S/C16H24N4O5S.C15H20ClNO5S/c1-3-5-6-7-8-26(24,25)14-9-11(4-2)12(10-13(14)20(22)23)15(21)19-16(17)18;1-3-5-6-7-8-23(21,22)14-9-11(4-2)12(15(16)18)10-13(14)17(19)20/h9-10H,3-8H2,1-2H3,(H4,17,18,19,21);9-10H,3-8H2,1-2H3. The second kappa shape index (κ2) is 19.9. The van der Waals surface area contributed by atoms with E-state index in [9.17, 15) is 46.7 Å². The molecule has 2 aromatic carbocycles. The Bertz CT molecular complexity index is 1770. The molecule has 0 heterocycles. The number of benzene rings is 2. The molecule has 272 valence electrons. The van der Waals surface area contributed by atoms with Crippen molar-refractivity contribution in [2.45, 2.75) is 102 Å². The van der Waals surface area contributed by atoms with E-state index in [1.807, 2.05) is 13.8 Å². The summed E-state index contributed by atoms with van der Waals surface area (Å²) in [5.41, 5.74) is 9.72. The Morgan fingerprint density at radius 2 is 1.08 bits per heavy atom. The molecule has 15 nitrogen and oxygen atoms in total. The molecular weight excluding hydrogens is 702 g/mol. The van der Waals surface area contributed by atoms with Gasteiger partial charge in [0.15, 0.2) is 25.6 Å². The number of halogens is 1. The molecule has 0 saturated heterocycles. The minimum Gasteiger partial charge on any atom is -0.370 e. The van der Waals surface area contributed by atoms with E-state index in [1.54, 1.807) is 13.8 Å². The molecule has 49 heavy (non-hydrogen) atoms. The highest BCUT2D eigenvalue weighted by atomic mass is 35.5. The van der Waals surface area contributed by atoms with E-state index in [2.05, 4.69) is 4.99 Å². The molecule has 0 aliphatic rings. The Hall–Kier alpha value is -3.96. The lowest BCUT2D eigenvalue weighted by Crippen LogP contribution is -2.24. The van der Waals surface area contributed by atoms with Crippen LogP contribution in [0.3, 0.4) is 0 Å². The predicted molar refractivity (Wildman–Crippen MR) is 188 cm³/mol. The lowest BCUT2D eigenvalue weighted by Gasteiger charge is -2.10. The number of unbranched alkanes of at least 4 members (excludes halogenated alkanes) is 6. The van der Waals surface area contributed by atoms with Crippen molar-refractivity contribution in [3.8, 4) is 0 Å². The SMILES string of the molecule is CCCCCCS(=O)(=O)c1cc(CC)c(C(=O)Cl)cc1[N+](=O)[O-].CCCCCCS(=O)(=O)c1cc(CC)c(C(=O)N=C(N)N)cc1[N+](=O)[O-]. The molecule has 0 aliphatic carbocycles. The van der Waals surface area contributed by atoms with Crippen LogP contribution >= 0.6 is 11.6 Å². The first-order valence-corrected chi connectivity index (χ1v) is 19.5. The molecular formula is C31H44ClN5O10S2. The third-order valence-electron chi connectivity index (χ3n) is 7.40. The number of guanidine groups is 1. The summed E-state index contributed by atoms with van der Waals surface area (Å²) in [4.78, 5) is 47.1. The molecule has 0 bridgehead atoms.